The molecular weight excluding hydrogens is 356 g/mol. The summed E-state index contributed by atoms with van der Waals surface area (Å²) in [5.41, 5.74) is 2.43. The van der Waals surface area contributed by atoms with E-state index < -0.39 is 4.92 Å². The lowest BCUT2D eigenvalue weighted by molar-refractivity contribution is -0.385. The molecular formula is C14H9BrN2O3S. The number of nitro groups is 1. The van der Waals surface area contributed by atoms with Crippen LogP contribution in [0.2, 0.25) is 0 Å². The fraction of sp³-hybridized carbons (Fsp3) is 0.0714. The Kier molecular flexibility index (Phi) is 3.94. The number of rotatable bonds is 4. The van der Waals surface area contributed by atoms with Gasteiger partial charge in [0.1, 0.15) is 5.52 Å². The van der Waals surface area contributed by atoms with Gasteiger partial charge in [0, 0.05) is 11.8 Å². The molecule has 0 N–H and O–H groups in total. The average molecular weight is 365 g/mol. The largest absolute Gasteiger partial charge is 0.431 e. The van der Waals surface area contributed by atoms with Crippen LogP contribution in [0.4, 0.5) is 5.69 Å². The van der Waals surface area contributed by atoms with Crippen molar-refractivity contribution in [2.24, 2.45) is 0 Å². The van der Waals surface area contributed by atoms with Crippen LogP contribution in [0.15, 0.2) is 56.6 Å². The van der Waals surface area contributed by atoms with Crippen molar-refractivity contribution < 1.29 is 9.34 Å². The second kappa shape index (κ2) is 5.87. The monoisotopic (exact) mass is 364 g/mol. The van der Waals surface area contributed by atoms with E-state index in [1.165, 1.54) is 17.8 Å². The molecule has 0 bridgehead atoms. The lowest BCUT2D eigenvalue weighted by Crippen LogP contribution is -1.92. The van der Waals surface area contributed by atoms with Crippen LogP contribution in [0, 0.1) is 10.1 Å². The summed E-state index contributed by atoms with van der Waals surface area (Å²) in [6, 6.07) is 12.5. The van der Waals surface area contributed by atoms with Crippen LogP contribution in [0.5, 0.6) is 0 Å². The SMILES string of the molecule is O=[N+]([O-])c1cccc(CSc2nc3ccccc3o2)c1Br. The third kappa shape index (κ3) is 2.93. The molecule has 1 aromatic heterocycles. The predicted octanol–water partition coefficient (Wildman–Crippen LogP) is 4.79. The number of thioether (sulfide) groups is 1. The van der Waals surface area contributed by atoms with Gasteiger partial charge in [-0.2, -0.15) is 0 Å². The van der Waals surface area contributed by atoms with E-state index in [0.29, 0.717) is 15.4 Å². The maximum atomic E-state index is 10.9. The summed E-state index contributed by atoms with van der Waals surface area (Å²) in [4.78, 5) is 14.9. The van der Waals surface area contributed by atoms with E-state index in [4.69, 9.17) is 4.42 Å². The van der Waals surface area contributed by atoms with Crippen LogP contribution < -0.4 is 0 Å². The molecule has 0 aliphatic carbocycles. The zero-order chi connectivity index (χ0) is 14.8. The van der Waals surface area contributed by atoms with Crippen molar-refractivity contribution in [2.75, 3.05) is 0 Å². The number of halogens is 1. The molecule has 0 radical (unpaired) electrons. The topological polar surface area (TPSA) is 69.2 Å². The highest BCUT2D eigenvalue weighted by atomic mass is 79.9. The molecule has 106 valence electrons. The molecule has 0 aliphatic rings. The van der Waals surface area contributed by atoms with Crippen molar-refractivity contribution >= 4 is 44.5 Å². The maximum Gasteiger partial charge on any atom is 0.283 e. The minimum Gasteiger partial charge on any atom is -0.431 e. The Balaban J connectivity index is 1.81. The Bertz CT molecular complexity index is 786. The Morgan fingerprint density at radius 1 is 1.24 bits per heavy atom. The smallest absolute Gasteiger partial charge is 0.283 e. The van der Waals surface area contributed by atoms with E-state index in [1.54, 1.807) is 6.07 Å². The van der Waals surface area contributed by atoms with Crippen LogP contribution in [0.25, 0.3) is 11.1 Å². The first-order valence-electron chi connectivity index (χ1n) is 6.05. The number of oxazole rings is 1. The highest BCUT2D eigenvalue weighted by Crippen LogP contribution is 2.33. The lowest BCUT2D eigenvalue weighted by atomic mass is 10.2. The third-order valence-electron chi connectivity index (χ3n) is 2.88. The molecule has 0 spiro atoms. The highest BCUT2D eigenvalue weighted by molar-refractivity contribution is 9.10. The summed E-state index contributed by atoms with van der Waals surface area (Å²) in [6.07, 6.45) is 0. The molecule has 3 rings (SSSR count). The van der Waals surface area contributed by atoms with Gasteiger partial charge in [-0.05, 0) is 33.6 Å². The van der Waals surface area contributed by atoms with E-state index in [0.717, 1.165) is 16.7 Å². The van der Waals surface area contributed by atoms with Gasteiger partial charge in [-0.15, -0.1) is 0 Å². The Morgan fingerprint density at radius 3 is 2.81 bits per heavy atom. The van der Waals surface area contributed by atoms with Crippen LogP contribution in [0.1, 0.15) is 5.56 Å². The quantitative estimate of drug-likeness (QED) is 0.378. The van der Waals surface area contributed by atoms with Crippen molar-refractivity contribution in [1.82, 2.24) is 4.98 Å². The van der Waals surface area contributed by atoms with Gasteiger partial charge < -0.3 is 4.42 Å². The molecule has 0 fully saturated rings. The van der Waals surface area contributed by atoms with E-state index in [9.17, 15) is 10.1 Å². The van der Waals surface area contributed by atoms with Gasteiger partial charge in [0.25, 0.3) is 10.9 Å². The molecule has 0 atom stereocenters. The summed E-state index contributed by atoms with van der Waals surface area (Å²) in [5, 5.41) is 11.5. The fourth-order valence-corrected chi connectivity index (χ4v) is 3.44. The molecule has 0 saturated heterocycles. The van der Waals surface area contributed by atoms with Crippen molar-refractivity contribution in [1.29, 1.82) is 0 Å². The number of nitro benzene ring substituents is 1. The molecule has 0 amide bonds. The van der Waals surface area contributed by atoms with Crippen molar-refractivity contribution in [2.45, 2.75) is 11.0 Å². The first-order chi connectivity index (χ1) is 10.1. The summed E-state index contributed by atoms with van der Waals surface area (Å²) < 4.78 is 6.11. The first-order valence-corrected chi connectivity index (χ1v) is 7.83. The molecule has 21 heavy (non-hydrogen) atoms. The number of fused-ring (bicyclic) bond motifs is 1. The standard InChI is InChI=1S/C14H9BrN2O3S/c15-13-9(4-3-6-11(13)17(18)19)8-21-14-16-10-5-1-2-7-12(10)20-14/h1-7H,8H2. The van der Waals surface area contributed by atoms with Gasteiger partial charge in [0.05, 0.1) is 9.40 Å². The molecule has 0 aliphatic heterocycles. The summed E-state index contributed by atoms with van der Waals surface area (Å²) in [6.45, 7) is 0. The summed E-state index contributed by atoms with van der Waals surface area (Å²) >= 11 is 4.69. The molecule has 1 heterocycles. The molecule has 3 aromatic rings. The van der Waals surface area contributed by atoms with Crippen LogP contribution in [-0.4, -0.2) is 9.91 Å². The van der Waals surface area contributed by atoms with E-state index >= 15 is 0 Å². The Labute approximate surface area is 132 Å². The zero-order valence-corrected chi connectivity index (χ0v) is 13.1. The summed E-state index contributed by atoms with van der Waals surface area (Å²) in [7, 11) is 0. The molecule has 0 unspecified atom stereocenters. The van der Waals surface area contributed by atoms with E-state index in [2.05, 4.69) is 20.9 Å². The lowest BCUT2D eigenvalue weighted by Gasteiger charge is -2.02. The number of aromatic nitrogens is 1. The number of nitrogens with zero attached hydrogens (tertiary/aromatic N) is 2. The second-order valence-corrected chi connectivity index (χ2v) is 5.96. The van der Waals surface area contributed by atoms with Crippen molar-refractivity contribution in [3.63, 3.8) is 0 Å². The van der Waals surface area contributed by atoms with E-state index in [1.807, 2.05) is 30.3 Å². The van der Waals surface area contributed by atoms with Crippen LogP contribution in [-0.2, 0) is 5.75 Å². The number of benzene rings is 2. The van der Waals surface area contributed by atoms with Gasteiger partial charge in [-0.1, -0.05) is 36.0 Å². The fourth-order valence-electron chi connectivity index (χ4n) is 1.87. The zero-order valence-electron chi connectivity index (χ0n) is 10.7. The minimum atomic E-state index is -0.405. The summed E-state index contributed by atoms with van der Waals surface area (Å²) in [5.74, 6) is 0.537. The average Bonchev–Trinajstić information content (AvgIpc) is 2.88. The Morgan fingerprint density at radius 2 is 2.05 bits per heavy atom. The first kappa shape index (κ1) is 14.1. The number of para-hydroxylation sites is 2. The van der Waals surface area contributed by atoms with Crippen LogP contribution >= 0.6 is 27.7 Å². The molecule has 5 nitrogen and oxygen atoms in total. The molecule has 2 aromatic carbocycles. The number of hydrogen-bond donors (Lipinski definition) is 0. The van der Waals surface area contributed by atoms with Gasteiger partial charge in [-0.3, -0.25) is 10.1 Å². The Hall–Kier alpha value is -1.86. The second-order valence-electron chi connectivity index (χ2n) is 4.24. The van der Waals surface area contributed by atoms with Gasteiger partial charge >= 0.3 is 0 Å². The van der Waals surface area contributed by atoms with Crippen molar-refractivity contribution in [3.8, 4) is 0 Å². The van der Waals surface area contributed by atoms with Gasteiger partial charge in [-0.25, -0.2) is 4.98 Å². The number of hydrogen-bond acceptors (Lipinski definition) is 5. The molecule has 7 heteroatoms. The predicted molar refractivity (Wildman–Crippen MR) is 84.4 cm³/mol. The highest BCUT2D eigenvalue weighted by Gasteiger charge is 2.15. The van der Waals surface area contributed by atoms with E-state index in [-0.39, 0.29) is 5.69 Å². The normalized spacial score (nSPS) is 10.9. The molecule has 0 saturated carbocycles. The van der Waals surface area contributed by atoms with Gasteiger partial charge in [0.15, 0.2) is 5.58 Å². The maximum absolute atomic E-state index is 10.9. The van der Waals surface area contributed by atoms with Crippen molar-refractivity contribution in [3.05, 3.63) is 62.6 Å². The van der Waals surface area contributed by atoms with Crippen LogP contribution in [0.3, 0.4) is 0 Å². The third-order valence-corrected chi connectivity index (χ3v) is 4.67. The minimum absolute atomic E-state index is 0.0608. The van der Waals surface area contributed by atoms with Gasteiger partial charge in [0.2, 0.25) is 0 Å².